The topological polar surface area (TPSA) is 21.3 Å². The van der Waals surface area contributed by atoms with Crippen molar-refractivity contribution in [2.75, 3.05) is 13.1 Å². The summed E-state index contributed by atoms with van der Waals surface area (Å²) in [6.45, 7) is 8.58. The van der Waals surface area contributed by atoms with Gasteiger partial charge in [0.15, 0.2) is 0 Å². The molecule has 0 bridgehead atoms. The van der Waals surface area contributed by atoms with Crippen molar-refractivity contribution in [1.82, 2.24) is 5.32 Å². The van der Waals surface area contributed by atoms with Crippen molar-refractivity contribution in [3.05, 3.63) is 29.8 Å². The highest BCUT2D eigenvalue weighted by molar-refractivity contribution is 5.29. The Hall–Kier alpha value is -1.02. The molecule has 1 aromatic carbocycles. The first-order chi connectivity index (χ1) is 7.59. The van der Waals surface area contributed by atoms with E-state index in [1.807, 2.05) is 0 Å². The standard InChI is InChI=1S/C14H21NO/c1-11(2)12-4-6-13(7-5-12)16-14(3)8-9-15-10-14/h4-7,11,15H,8-10H2,1-3H3. The van der Waals surface area contributed by atoms with E-state index in [1.165, 1.54) is 5.56 Å². The van der Waals surface area contributed by atoms with Crippen LogP contribution in [0.25, 0.3) is 0 Å². The molecular formula is C14H21NO. The van der Waals surface area contributed by atoms with E-state index in [0.29, 0.717) is 5.92 Å². The lowest BCUT2D eigenvalue weighted by molar-refractivity contribution is 0.111. The summed E-state index contributed by atoms with van der Waals surface area (Å²) in [5.41, 5.74) is 1.33. The van der Waals surface area contributed by atoms with Crippen LogP contribution in [0, 0.1) is 0 Å². The summed E-state index contributed by atoms with van der Waals surface area (Å²) < 4.78 is 6.04. The van der Waals surface area contributed by atoms with Gasteiger partial charge in [-0.05, 0) is 37.1 Å². The maximum absolute atomic E-state index is 6.04. The summed E-state index contributed by atoms with van der Waals surface area (Å²) in [5, 5.41) is 3.34. The quantitative estimate of drug-likeness (QED) is 0.844. The predicted octanol–water partition coefficient (Wildman–Crippen LogP) is 2.94. The minimum Gasteiger partial charge on any atom is -0.486 e. The molecule has 1 aliphatic heterocycles. The molecule has 2 heteroatoms. The van der Waals surface area contributed by atoms with Gasteiger partial charge in [0.05, 0.1) is 0 Å². The summed E-state index contributed by atoms with van der Waals surface area (Å²) in [4.78, 5) is 0. The second-order valence-electron chi connectivity index (χ2n) is 5.20. The Morgan fingerprint density at radius 3 is 2.44 bits per heavy atom. The molecule has 88 valence electrons. The van der Waals surface area contributed by atoms with Gasteiger partial charge in [0.1, 0.15) is 11.4 Å². The molecule has 1 fully saturated rings. The Balaban J connectivity index is 2.05. The van der Waals surface area contributed by atoms with Crippen molar-refractivity contribution in [2.45, 2.75) is 38.7 Å². The Morgan fingerprint density at radius 1 is 1.25 bits per heavy atom. The van der Waals surface area contributed by atoms with Crippen molar-refractivity contribution in [1.29, 1.82) is 0 Å². The van der Waals surface area contributed by atoms with Crippen LogP contribution in [-0.2, 0) is 0 Å². The van der Waals surface area contributed by atoms with Crippen LogP contribution in [0.2, 0.25) is 0 Å². The monoisotopic (exact) mass is 219 g/mol. The van der Waals surface area contributed by atoms with Gasteiger partial charge in [-0.15, -0.1) is 0 Å². The molecule has 16 heavy (non-hydrogen) atoms. The molecule has 1 unspecified atom stereocenters. The minimum absolute atomic E-state index is 0.0284. The minimum atomic E-state index is -0.0284. The second-order valence-corrected chi connectivity index (χ2v) is 5.20. The number of nitrogens with one attached hydrogen (secondary N) is 1. The zero-order valence-electron chi connectivity index (χ0n) is 10.4. The first-order valence-corrected chi connectivity index (χ1v) is 6.09. The van der Waals surface area contributed by atoms with Gasteiger partial charge in [-0.1, -0.05) is 26.0 Å². The summed E-state index contributed by atoms with van der Waals surface area (Å²) in [6.07, 6.45) is 1.08. The van der Waals surface area contributed by atoms with Gasteiger partial charge in [0.25, 0.3) is 0 Å². The summed E-state index contributed by atoms with van der Waals surface area (Å²) >= 11 is 0. The van der Waals surface area contributed by atoms with Gasteiger partial charge >= 0.3 is 0 Å². The van der Waals surface area contributed by atoms with Crippen molar-refractivity contribution in [2.24, 2.45) is 0 Å². The van der Waals surface area contributed by atoms with Crippen molar-refractivity contribution in [3.8, 4) is 5.75 Å². The second kappa shape index (κ2) is 4.46. The third-order valence-corrected chi connectivity index (χ3v) is 3.24. The molecule has 1 heterocycles. The normalized spacial score (nSPS) is 25.0. The Morgan fingerprint density at radius 2 is 1.94 bits per heavy atom. The fourth-order valence-corrected chi connectivity index (χ4v) is 2.09. The highest BCUT2D eigenvalue weighted by Gasteiger charge is 2.30. The number of benzene rings is 1. The van der Waals surface area contributed by atoms with Crippen LogP contribution < -0.4 is 10.1 Å². The lowest BCUT2D eigenvalue weighted by Gasteiger charge is -2.25. The van der Waals surface area contributed by atoms with Gasteiger partial charge in [-0.25, -0.2) is 0 Å². The van der Waals surface area contributed by atoms with Gasteiger partial charge in [-0.3, -0.25) is 0 Å². The van der Waals surface area contributed by atoms with E-state index in [2.05, 4.69) is 50.4 Å². The highest BCUT2D eigenvalue weighted by atomic mass is 16.5. The molecule has 2 nitrogen and oxygen atoms in total. The number of hydrogen-bond donors (Lipinski definition) is 1. The van der Waals surface area contributed by atoms with Crippen LogP contribution >= 0.6 is 0 Å². The number of rotatable bonds is 3. The average molecular weight is 219 g/mol. The molecule has 0 aliphatic carbocycles. The highest BCUT2D eigenvalue weighted by Crippen LogP contribution is 2.25. The van der Waals surface area contributed by atoms with E-state index in [-0.39, 0.29) is 5.60 Å². The fourth-order valence-electron chi connectivity index (χ4n) is 2.09. The smallest absolute Gasteiger partial charge is 0.120 e. The number of hydrogen-bond acceptors (Lipinski definition) is 2. The maximum Gasteiger partial charge on any atom is 0.120 e. The zero-order valence-corrected chi connectivity index (χ0v) is 10.4. The van der Waals surface area contributed by atoms with Crippen LogP contribution in [-0.4, -0.2) is 18.7 Å². The zero-order chi connectivity index (χ0) is 11.6. The Kier molecular flexibility index (Phi) is 3.20. The van der Waals surface area contributed by atoms with Crippen molar-refractivity contribution < 1.29 is 4.74 Å². The van der Waals surface area contributed by atoms with Crippen molar-refractivity contribution >= 4 is 0 Å². The third-order valence-electron chi connectivity index (χ3n) is 3.24. The molecule has 0 saturated carbocycles. The summed E-state index contributed by atoms with van der Waals surface area (Å²) in [7, 11) is 0. The van der Waals surface area contributed by atoms with E-state index in [1.54, 1.807) is 0 Å². The fraction of sp³-hybridized carbons (Fsp3) is 0.571. The summed E-state index contributed by atoms with van der Waals surface area (Å²) in [6, 6.07) is 8.48. The lowest BCUT2D eigenvalue weighted by atomic mass is 10.0. The molecule has 0 aromatic heterocycles. The molecule has 1 N–H and O–H groups in total. The van der Waals surface area contributed by atoms with E-state index in [0.717, 1.165) is 25.3 Å². The largest absolute Gasteiger partial charge is 0.486 e. The SMILES string of the molecule is CC(C)c1ccc(OC2(C)CCNC2)cc1. The van der Waals surface area contributed by atoms with E-state index in [4.69, 9.17) is 4.74 Å². The first kappa shape index (κ1) is 11.5. The van der Waals surface area contributed by atoms with E-state index in [9.17, 15) is 0 Å². The van der Waals surface area contributed by atoms with Crippen LogP contribution in [0.3, 0.4) is 0 Å². The van der Waals surface area contributed by atoms with E-state index >= 15 is 0 Å². The van der Waals surface area contributed by atoms with Gasteiger partial charge in [0.2, 0.25) is 0 Å². The summed E-state index contributed by atoms with van der Waals surface area (Å²) in [5.74, 6) is 1.56. The molecule has 1 atom stereocenters. The average Bonchev–Trinajstić information content (AvgIpc) is 2.65. The molecule has 1 saturated heterocycles. The molecular weight excluding hydrogens is 198 g/mol. The Bertz CT molecular complexity index is 336. The van der Waals surface area contributed by atoms with E-state index < -0.39 is 0 Å². The van der Waals surface area contributed by atoms with Gasteiger partial charge in [-0.2, -0.15) is 0 Å². The predicted molar refractivity (Wildman–Crippen MR) is 67.1 cm³/mol. The van der Waals surface area contributed by atoms with Crippen LogP contribution in [0.5, 0.6) is 5.75 Å². The molecule has 2 rings (SSSR count). The molecule has 0 spiro atoms. The van der Waals surface area contributed by atoms with Gasteiger partial charge < -0.3 is 10.1 Å². The van der Waals surface area contributed by atoms with Crippen LogP contribution in [0.1, 0.15) is 38.7 Å². The lowest BCUT2D eigenvalue weighted by Crippen LogP contribution is -2.34. The molecule has 0 amide bonds. The van der Waals surface area contributed by atoms with Crippen LogP contribution in [0.4, 0.5) is 0 Å². The Labute approximate surface area is 98.0 Å². The molecule has 0 radical (unpaired) electrons. The first-order valence-electron chi connectivity index (χ1n) is 6.09. The van der Waals surface area contributed by atoms with Crippen LogP contribution in [0.15, 0.2) is 24.3 Å². The van der Waals surface area contributed by atoms with Gasteiger partial charge in [0, 0.05) is 13.0 Å². The number of ether oxygens (including phenoxy) is 1. The third kappa shape index (κ3) is 2.56. The molecule has 1 aromatic rings. The van der Waals surface area contributed by atoms with Crippen molar-refractivity contribution in [3.63, 3.8) is 0 Å². The molecule has 1 aliphatic rings. The maximum atomic E-state index is 6.04.